The van der Waals surface area contributed by atoms with Crippen LogP contribution in [0.15, 0.2) is 83.8 Å². The number of nitrogen functional groups attached to an aromatic ring is 1. The number of fused-ring (bicyclic) bond motifs is 6. The van der Waals surface area contributed by atoms with Crippen molar-refractivity contribution < 1.29 is 91.9 Å². The molecule has 0 radical (unpaired) electrons. The van der Waals surface area contributed by atoms with Crippen LogP contribution in [0.1, 0.15) is 187 Å². The number of aliphatic hydroxyl groups excluding tert-OH is 1. The molecule has 6 saturated heterocycles. The summed E-state index contributed by atoms with van der Waals surface area (Å²) in [4.78, 5) is 138. The maximum Gasteiger partial charge on any atom is 0.327 e. The second-order valence-corrected chi connectivity index (χ2v) is 38.8. The van der Waals surface area contributed by atoms with E-state index in [1.165, 1.54) is 39.9 Å². The van der Waals surface area contributed by atoms with Crippen LogP contribution in [0, 0.1) is 47.3 Å². The zero-order chi connectivity index (χ0) is 90.3. The number of methoxy groups -OCH3 is 1. The lowest BCUT2D eigenvalue weighted by Crippen LogP contribution is -2.58. The van der Waals surface area contributed by atoms with Crippen molar-refractivity contribution in [2.75, 3.05) is 54.3 Å². The van der Waals surface area contributed by atoms with Gasteiger partial charge in [0.15, 0.2) is 22.7 Å². The molecule has 126 heavy (non-hydrogen) atoms. The number of aryl methyl sites for hydroxylation is 1. The van der Waals surface area contributed by atoms with E-state index in [2.05, 4.69) is 105 Å². The topological polar surface area (TPSA) is 474 Å². The van der Waals surface area contributed by atoms with E-state index >= 15 is 0 Å². The Morgan fingerprint density at radius 2 is 1.52 bits per heavy atom. The van der Waals surface area contributed by atoms with E-state index in [1.807, 2.05) is 62.4 Å². The minimum absolute atomic E-state index is 0.00268. The third-order valence-electron chi connectivity index (χ3n) is 26.9. The van der Waals surface area contributed by atoms with E-state index in [9.17, 15) is 63.6 Å². The first kappa shape index (κ1) is 94.5. The Morgan fingerprint density at radius 1 is 0.770 bits per heavy atom. The molecular weight excluding hydrogens is 1660 g/mol. The molecule has 10 heterocycles. The summed E-state index contributed by atoms with van der Waals surface area (Å²) in [6.07, 6.45) is 4.28. The Labute approximate surface area is 740 Å². The Bertz CT molecular complexity index is 4970. The summed E-state index contributed by atoms with van der Waals surface area (Å²) in [6, 6.07) is 18.1. The van der Waals surface area contributed by atoms with E-state index in [0.29, 0.717) is 54.2 Å². The van der Waals surface area contributed by atoms with Crippen LogP contribution in [-0.4, -0.2) is 225 Å². The third-order valence-corrected chi connectivity index (χ3v) is 29.3. The molecule has 6 fully saturated rings. The number of hydrogen-bond donors (Lipinski definition) is 11. The van der Waals surface area contributed by atoms with Gasteiger partial charge in [0.1, 0.15) is 23.6 Å². The molecule has 684 valence electrons. The quantitative estimate of drug-likeness (QED) is 0.0129. The molecule has 0 saturated carbocycles. The number of nitrogens with one attached hydrogen (secondary N) is 6. The fourth-order valence-electron chi connectivity index (χ4n) is 19.9. The van der Waals surface area contributed by atoms with Crippen molar-refractivity contribution in [3.63, 3.8) is 0 Å². The number of nitrogens with zero attached hydrogens (tertiary/aromatic N) is 7. The number of carboxylic acid groups (broad SMARTS) is 2. The summed E-state index contributed by atoms with van der Waals surface area (Å²) in [6.45, 7) is 18.9. The van der Waals surface area contributed by atoms with Gasteiger partial charge in [-0.3, -0.25) is 38.5 Å². The van der Waals surface area contributed by atoms with E-state index in [4.69, 9.17) is 38.9 Å². The van der Waals surface area contributed by atoms with Crippen molar-refractivity contribution in [2.24, 2.45) is 54.4 Å². The number of hydrogen-bond acceptors (Lipinski definition) is 27. The number of ether oxygens (including phenoxy) is 7. The molecular formula is C90H122N14O20S2. The van der Waals surface area contributed by atoms with Gasteiger partial charge < -0.3 is 90.8 Å². The standard InChI is InChI=1S/C90H122N14O20S2/c1-48-22-28-61(40-62-41-68(118-11)54(7)90(121-62)52(5)42-88(9,124-90)70-32-33-87(8,122-70)78-50(3)38-69(120-78)77-49(2)37-51(4)89(117,47-105)123-77)119-76(48)53(6)80(109)93-35-36-125-126-46-66(85(115)116)98-82(111)56(18-16-34-92-71(107)30-31-72(108)104-45-57-17-12-13-19-63(57)73-75(103(10)102-101-73)64-20-14-15-21-67(64)104)39-60(106)27-29-65(84(113)114)97-81(110)55-23-25-58(26-24-55)94-43-59-44-95-79-74(96-59)83(112)100-86(91)99-79/h12-15,17,19-21,23-26,44,48-54,56,61-62,65-66,68-70,76-78,94,105,117H,16,18,22,27-43,45-47H2,1-11H3,(H,92,107)(H,93,109)(H,97,110)(H,98,111)(H,113,114)(H,115,116)(H3,91,95,99,100,112)/t48-,49-,50-,51+,52+,53+,54+,56?,61+,62+,65-,66-,68+,69+,70?,76?,77+,78+,87-,88+,89-,90+/m0/s1. The van der Waals surface area contributed by atoms with Crippen LogP contribution in [0.3, 0.4) is 0 Å². The van der Waals surface area contributed by atoms with Crippen molar-refractivity contribution in [3.8, 4) is 22.5 Å². The van der Waals surface area contributed by atoms with Crippen LogP contribution >= 0.6 is 21.6 Å². The molecule has 6 aromatic rings. The molecule has 7 aliphatic rings. The van der Waals surface area contributed by atoms with Gasteiger partial charge in [0, 0.05) is 123 Å². The Balaban J connectivity index is 0.582. The van der Waals surface area contributed by atoms with Gasteiger partial charge in [0.05, 0.1) is 109 Å². The monoisotopic (exact) mass is 1780 g/mol. The minimum atomic E-state index is -1.62. The molecule has 1 spiro atoms. The summed E-state index contributed by atoms with van der Waals surface area (Å²) in [5.74, 6) is -9.95. The zero-order valence-electron chi connectivity index (χ0n) is 73.5. The van der Waals surface area contributed by atoms with E-state index < -0.39 is 113 Å². The summed E-state index contributed by atoms with van der Waals surface area (Å²) in [5, 5.41) is 65.0. The van der Waals surface area contributed by atoms with Crippen molar-refractivity contribution in [3.05, 3.63) is 106 Å². The molecule has 36 heteroatoms. The van der Waals surface area contributed by atoms with Crippen molar-refractivity contribution in [2.45, 2.75) is 262 Å². The van der Waals surface area contributed by atoms with Crippen LogP contribution in [0.25, 0.3) is 33.7 Å². The van der Waals surface area contributed by atoms with Crippen molar-refractivity contribution >= 4 is 97.3 Å². The number of H-pyrrole nitrogens is 1. The fraction of sp³-hybridized carbons (Fsp3) is 0.622. The summed E-state index contributed by atoms with van der Waals surface area (Å²) < 4.78 is 49.9. The number of para-hydroxylation sites is 1. The van der Waals surface area contributed by atoms with Gasteiger partial charge in [0.25, 0.3) is 11.5 Å². The number of aromatic nitrogens is 7. The number of benzene rings is 3. The van der Waals surface area contributed by atoms with Gasteiger partial charge in [-0.15, -0.1) is 5.10 Å². The second-order valence-electron chi connectivity index (χ2n) is 36.2. The van der Waals surface area contributed by atoms with Crippen LogP contribution in [0.5, 0.6) is 0 Å². The number of aliphatic carboxylic acids is 2. The number of aromatic amines is 1. The maximum absolute atomic E-state index is 14.4. The second kappa shape index (κ2) is 40.7. The summed E-state index contributed by atoms with van der Waals surface area (Å²) in [5.41, 5.74) is 9.31. The van der Waals surface area contributed by atoms with E-state index in [1.54, 1.807) is 35.9 Å². The first-order valence-electron chi connectivity index (χ1n) is 44.1. The number of carbonyl (C=O) groups excluding carboxylic acids is 6. The van der Waals surface area contributed by atoms with Crippen LogP contribution in [-0.2, 0) is 86.9 Å². The van der Waals surface area contributed by atoms with E-state index in [-0.39, 0.29) is 177 Å². The lowest BCUT2D eigenvalue weighted by Gasteiger charge is -2.50. The smallest absolute Gasteiger partial charge is 0.327 e. The molecule has 0 aliphatic carbocycles. The summed E-state index contributed by atoms with van der Waals surface area (Å²) >= 11 is 0. The average molecular weight is 1780 g/mol. The molecule has 3 aromatic carbocycles. The molecule has 22 atom stereocenters. The molecule has 0 bridgehead atoms. The molecule has 12 N–H and O–H groups in total. The predicted molar refractivity (Wildman–Crippen MR) is 471 cm³/mol. The minimum Gasteiger partial charge on any atom is -0.480 e. The highest BCUT2D eigenvalue weighted by Gasteiger charge is 2.65. The molecule has 7 aliphatic heterocycles. The van der Waals surface area contributed by atoms with Gasteiger partial charge in [0.2, 0.25) is 29.6 Å². The third kappa shape index (κ3) is 21.4. The Kier molecular flexibility index (Phi) is 30.5. The fourth-order valence-corrected chi connectivity index (χ4v) is 22.0. The summed E-state index contributed by atoms with van der Waals surface area (Å²) in [7, 11) is 5.99. The zero-order valence-corrected chi connectivity index (χ0v) is 75.1. The molecule has 3 unspecified atom stereocenters. The van der Waals surface area contributed by atoms with Crippen LogP contribution in [0.2, 0.25) is 0 Å². The van der Waals surface area contributed by atoms with Gasteiger partial charge in [-0.05, 0) is 132 Å². The number of amides is 5. The van der Waals surface area contributed by atoms with Crippen molar-refractivity contribution in [1.82, 2.24) is 56.2 Å². The van der Waals surface area contributed by atoms with Gasteiger partial charge >= 0.3 is 11.9 Å². The highest BCUT2D eigenvalue weighted by molar-refractivity contribution is 8.76. The van der Waals surface area contributed by atoms with E-state index in [0.717, 1.165) is 54.5 Å². The Hall–Kier alpha value is -9.08. The van der Waals surface area contributed by atoms with Crippen LogP contribution < -0.4 is 42.8 Å². The number of anilines is 3. The maximum atomic E-state index is 14.4. The predicted octanol–water partition coefficient (Wildman–Crippen LogP) is 8.83. The van der Waals surface area contributed by atoms with Crippen LogP contribution in [0.4, 0.5) is 17.3 Å². The normalized spacial score (nSPS) is 29.7. The van der Waals surface area contributed by atoms with Gasteiger partial charge in [-0.25, -0.2) is 24.2 Å². The number of Topliss-reactive ketones (excluding diaryl/α,β-unsaturated/α-hetero) is 1. The number of carboxylic acids is 2. The van der Waals surface area contributed by atoms with Crippen molar-refractivity contribution in [1.29, 1.82) is 0 Å². The first-order valence-corrected chi connectivity index (χ1v) is 46.6. The highest BCUT2D eigenvalue weighted by atomic mass is 33.1. The number of nitrogens with two attached hydrogens (primary N) is 1. The largest absolute Gasteiger partial charge is 0.480 e. The molecule has 13 rings (SSSR count). The lowest BCUT2D eigenvalue weighted by molar-refractivity contribution is -0.353. The highest BCUT2D eigenvalue weighted by Crippen LogP contribution is 2.58. The number of carbonyl (C=O) groups is 8. The molecule has 5 amide bonds. The SMILES string of the molecule is CO[C@@H]1C[C@@H](C[C@H]2CC[C@H](C)C([C@@H](C)C(=O)NCCSSC[C@H](NC(=O)C(CCCNC(=O)CCC(=O)N3Cc4ccccc4-c4nnn(C)c4-c4ccccc43)CC(=O)CC[C@H](NC(=O)c3ccc(NCc4cnc5nc(N)[nH]c(=O)c5n4)cc3)C(=O)O)C(=O)O)O2)O[C@]2(O[C@@](C)(C3CC[C@@](C)([C@@H]4O[C@@H]([C@@H]5O[C@@](O)(CO)[C@H](C)C[C@@H]5C)C[C@@H]4C)O3)C[C@H]2C)[C@@H]1C. The number of ketones is 1. The molecule has 3 aromatic heterocycles. The van der Waals surface area contributed by atoms with Gasteiger partial charge in [-0.1, -0.05) is 118 Å². The molecule has 34 nitrogen and oxygen atoms in total. The number of rotatable bonds is 36. The first-order chi connectivity index (χ1) is 60.1. The van der Waals surface area contributed by atoms with Gasteiger partial charge in [-0.2, -0.15) is 4.98 Å². The lowest BCUT2D eigenvalue weighted by atomic mass is 9.78. The average Bonchev–Trinajstić information content (AvgIpc) is 1.56. The Morgan fingerprint density at radius 3 is 2.26 bits per heavy atom. The number of aliphatic hydroxyl groups is 2.